The smallest absolute Gasteiger partial charge is 0.152 e. The predicted molar refractivity (Wildman–Crippen MR) is 53.1 cm³/mol. The standard InChI is InChI=1S/C11H21O2/c1-10(2)7-5-3-4-6-8-11(13)9-12/h9-11H,3-8H2,1-2H3. The maximum Gasteiger partial charge on any atom is 0.152 e. The van der Waals surface area contributed by atoms with Crippen molar-refractivity contribution in [3.63, 3.8) is 0 Å². The average molecular weight is 185 g/mol. The Labute approximate surface area is 81.3 Å². The van der Waals surface area contributed by atoms with Gasteiger partial charge < -0.3 is 4.79 Å². The highest BCUT2D eigenvalue weighted by molar-refractivity contribution is 5.55. The Morgan fingerprint density at radius 1 is 1.00 bits per heavy atom. The predicted octanol–water partition coefficient (Wildman–Crippen LogP) is 2.98. The highest BCUT2D eigenvalue weighted by Crippen LogP contribution is 2.10. The van der Waals surface area contributed by atoms with Crippen molar-refractivity contribution in [2.24, 2.45) is 5.92 Å². The lowest BCUT2D eigenvalue weighted by molar-refractivity contribution is -0.118. The summed E-state index contributed by atoms with van der Waals surface area (Å²) in [5, 5.41) is 10.7. The van der Waals surface area contributed by atoms with Gasteiger partial charge >= 0.3 is 0 Å². The fraction of sp³-hybridized carbons (Fsp3) is 0.909. The van der Waals surface area contributed by atoms with Crippen LogP contribution in [0.1, 0.15) is 52.4 Å². The Kier molecular flexibility index (Phi) is 8.00. The van der Waals surface area contributed by atoms with Gasteiger partial charge in [0.2, 0.25) is 0 Å². The maximum absolute atomic E-state index is 10.7. The molecule has 1 atom stereocenters. The molecule has 2 heteroatoms. The number of rotatable bonds is 8. The van der Waals surface area contributed by atoms with Crippen LogP contribution >= 0.6 is 0 Å². The first-order chi connectivity index (χ1) is 6.16. The Hall–Kier alpha value is -0.370. The Morgan fingerprint density at radius 3 is 2.00 bits per heavy atom. The Morgan fingerprint density at radius 2 is 1.54 bits per heavy atom. The summed E-state index contributed by atoms with van der Waals surface area (Å²) in [6.07, 6.45) is 5.77. The van der Waals surface area contributed by atoms with Crippen LogP contribution in [0.4, 0.5) is 0 Å². The summed E-state index contributed by atoms with van der Waals surface area (Å²) in [7, 11) is 0. The molecule has 0 aromatic heterocycles. The fourth-order valence-electron chi connectivity index (χ4n) is 1.32. The maximum atomic E-state index is 10.7. The van der Waals surface area contributed by atoms with Crippen LogP contribution in [0, 0.1) is 5.92 Å². The molecule has 1 unspecified atom stereocenters. The first-order valence-corrected chi connectivity index (χ1v) is 5.28. The van der Waals surface area contributed by atoms with Crippen LogP contribution in [0.25, 0.3) is 0 Å². The zero-order chi connectivity index (χ0) is 10.1. The molecule has 13 heavy (non-hydrogen) atoms. The first kappa shape index (κ1) is 12.6. The zero-order valence-electron chi connectivity index (χ0n) is 8.79. The van der Waals surface area contributed by atoms with Crippen LogP contribution < -0.4 is 0 Å². The van der Waals surface area contributed by atoms with E-state index >= 15 is 0 Å². The average Bonchev–Trinajstić information content (AvgIpc) is 2.10. The van der Waals surface area contributed by atoms with Gasteiger partial charge in [-0.3, -0.25) is 0 Å². The lowest BCUT2D eigenvalue weighted by Crippen LogP contribution is -2.04. The van der Waals surface area contributed by atoms with Gasteiger partial charge in [0, 0.05) is 0 Å². The van der Waals surface area contributed by atoms with Crippen LogP contribution in [0.15, 0.2) is 0 Å². The summed E-state index contributed by atoms with van der Waals surface area (Å²) in [4.78, 5) is 10.0. The summed E-state index contributed by atoms with van der Waals surface area (Å²) < 4.78 is 0. The van der Waals surface area contributed by atoms with Crippen molar-refractivity contribution in [2.75, 3.05) is 0 Å². The van der Waals surface area contributed by atoms with Gasteiger partial charge in [-0.05, 0) is 12.3 Å². The van der Waals surface area contributed by atoms with E-state index in [0.29, 0.717) is 12.7 Å². The van der Waals surface area contributed by atoms with Crippen LogP contribution in [0.3, 0.4) is 0 Å². The number of unbranched alkanes of at least 4 members (excludes halogenated alkanes) is 3. The topological polar surface area (TPSA) is 37.0 Å². The van der Waals surface area contributed by atoms with Gasteiger partial charge in [0.25, 0.3) is 0 Å². The summed E-state index contributed by atoms with van der Waals surface area (Å²) in [5.74, 6) is 0.780. The molecule has 0 aliphatic heterocycles. The van der Waals surface area contributed by atoms with E-state index in [9.17, 15) is 9.90 Å². The van der Waals surface area contributed by atoms with E-state index in [-0.39, 0.29) is 0 Å². The van der Waals surface area contributed by atoms with E-state index in [1.165, 1.54) is 19.3 Å². The third-order valence-corrected chi connectivity index (χ3v) is 2.17. The second-order valence-electron chi connectivity index (χ2n) is 4.06. The summed E-state index contributed by atoms with van der Waals surface area (Å²) in [6, 6.07) is 0. The summed E-state index contributed by atoms with van der Waals surface area (Å²) >= 11 is 0. The molecule has 1 radical (unpaired) electrons. The number of hydrogen-bond acceptors (Lipinski definition) is 1. The van der Waals surface area contributed by atoms with Crippen molar-refractivity contribution in [2.45, 2.75) is 58.5 Å². The van der Waals surface area contributed by atoms with E-state index in [1.54, 1.807) is 0 Å². The summed E-state index contributed by atoms with van der Waals surface area (Å²) in [5.41, 5.74) is 0. The Bertz CT molecular complexity index is 121. The molecule has 0 heterocycles. The first-order valence-electron chi connectivity index (χ1n) is 5.28. The van der Waals surface area contributed by atoms with Gasteiger partial charge in [-0.1, -0.05) is 46.0 Å². The molecule has 0 aromatic carbocycles. The van der Waals surface area contributed by atoms with E-state index in [2.05, 4.69) is 13.8 Å². The van der Waals surface area contributed by atoms with Gasteiger partial charge in [-0.2, -0.15) is 0 Å². The number of carbonyl (C=O) groups excluding carboxylic acids is 1. The number of carbonyl (C=O) groups is 1. The molecular formula is C11H21O2. The lowest BCUT2D eigenvalue weighted by atomic mass is 10.0. The largest absolute Gasteiger partial charge is 0.300 e. The molecule has 0 fully saturated rings. The molecule has 77 valence electrons. The van der Waals surface area contributed by atoms with Gasteiger partial charge in [-0.15, -0.1) is 0 Å². The van der Waals surface area contributed by atoms with E-state index < -0.39 is 6.10 Å². The molecule has 0 bridgehead atoms. The van der Waals surface area contributed by atoms with Crippen LogP contribution in [0.5, 0.6) is 0 Å². The second kappa shape index (κ2) is 8.24. The molecule has 0 aliphatic rings. The number of aldehydes is 1. The SMILES string of the molecule is CC(C)CCCCCCC([O])C=O. The van der Waals surface area contributed by atoms with Crippen molar-refractivity contribution < 1.29 is 9.90 Å². The van der Waals surface area contributed by atoms with Crippen molar-refractivity contribution in [1.82, 2.24) is 0 Å². The lowest BCUT2D eigenvalue weighted by Gasteiger charge is -2.04. The van der Waals surface area contributed by atoms with Crippen molar-refractivity contribution >= 4 is 6.29 Å². The van der Waals surface area contributed by atoms with Crippen molar-refractivity contribution in [3.05, 3.63) is 0 Å². The second-order valence-corrected chi connectivity index (χ2v) is 4.06. The van der Waals surface area contributed by atoms with Crippen LogP contribution in [-0.4, -0.2) is 12.4 Å². The van der Waals surface area contributed by atoms with Gasteiger partial charge in [0.05, 0.1) is 0 Å². The van der Waals surface area contributed by atoms with Crippen molar-refractivity contribution in [3.8, 4) is 0 Å². The molecule has 0 rings (SSSR count). The Balaban J connectivity index is 3.03. The minimum Gasteiger partial charge on any atom is -0.300 e. The normalized spacial score (nSPS) is 13.2. The minimum absolute atomic E-state index is 0.508. The van der Waals surface area contributed by atoms with Gasteiger partial charge in [0.1, 0.15) is 6.10 Å². The molecule has 0 N–H and O–H groups in total. The van der Waals surface area contributed by atoms with Gasteiger partial charge in [0.15, 0.2) is 6.29 Å². The third-order valence-electron chi connectivity index (χ3n) is 2.17. The quantitative estimate of drug-likeness (QED) is 0.423. The minimum atomic E-state index is -0.981. The summed E-state index contributed by atoms with van der Waals surface area (Å²) in [6.45, 7) is 4.44. The molecule has 0 aromatic rings. The molecule has 0 aliphatic carbocycles. The van der Waals surface area contributed by atoms with E-state index in [1.807, 2.05) is 0 Å². The molecular weight excluding hydrogens is 164 g/mol. The van der Waals surface area contributed by atoms with Crippen LogP contribution in [-0.2, 0) is 9.90 Å². The van der Waals surface area contributed by atoms with Crippen LogP contribution in [0.2, 0.25) is 0 Å². The molecule has 0 amide bonds. The molecule has 0 saturated carbocycles. The monoisotopic (exact) mass is 185 g/mol. The fourth-order valence-corrected chi connectivity index (χ4v) is 1.32. The van der Waals surface area contributed by atoms with Crippen molar-refractivity contribution in [1.29, 1.82) is 0 Å². The molecule has 2 nitrogen and oxygen atoms in total. The molecule has 0 saturated heterocycles. The number of hydrogen-bond donors (Lipinski definition) is 0. The highest BCUT2D eigenvalue weighted by Gasteiger charge is 2.02. The molecule has 0 spiro atoms. The van der Waals surface area contributed by atoms with E-state index in [4.69, 9.17) is 0 Å². The zero-order valence-corrected chi connectivity index (χ0v) is 8.79. The van der Waals surface area contributed by atoms with E-state index in [0.717, 1.165) is 18.8 Å². The third kappa shape index (κ3) is 9.54. The highest BCUT2D eigenvalue weighted by atomic mass is 16.3. The van der Waals surface area contributed by atoms with Gasteiger partial charge in [-0.25, -0.2) is 5.11 Å².